The molecule has 6 heteroatoms. The standard InChI is InChI=1S/C18H26N4OS/c1-3-12(2)19-17-16-13-5-4-6-14(13)24-18(16)21-15(20-17)11-22-7-9-23-10-8-22/h12H,3-11H2,1-2H3,(H,19,20,21)/p+1/t12-/m0/s1. The highest BCUT2D eigenvalue weighted by atomic mass is 32.1. The molecule has 1 aliphatic heterocycles. The van der Waals surface area contributed by atoms with Crippen molar-refractivity contribution in [2.24, 2.45) is 0 Å². The number of hydrogen-bond donors (Lipinski definition) is 2. The number of ether oxygens (including phenoxy) is 1. The van der Waals surface area contributed by atoms with Crippen molar-refractivity contribution >= 4 is 27.4 Å². The first kappa shape index (κ1) is 16.2. The molecule has 1 aliphatic carbocycles. The van der Waals surface area contributed by atoms with Crippen LogP contribution >= 0.6 is 11.3 Å². The van der Waals surface area contributed by atoms with Crippen LogP contribution in [0.15, 0.2) is 0 Å². The first-order chi connectivity index (χ1) is 11.7. The number of hydrogen-bond acceptors (Lipinski definition) is 5. The molecule has 2 aliphatic rings. The molecule has 2 N–H and O–H groups in total. The summed E-state index contributed by atoms with van der Waals surface area (Å²) in [6.45, 7) is 9.15. The van der Waals surface area contributed by atoms with E-state index in [1.807, 2.05) is 11.3 Å². The molecule has 1 saturated heterocycles. The summed E-state index contributed by atoms with van der Waals surface area (Å²) >= 11 is 1.89. The van der Waals surface area contributed by atoms with E-state index >= 15 is 0 Å². The highest BCUT2D eigenvalue weighted by molar-refractivity contribution is 7.19. The summed E-state index contributed by atoms with van der Waals surface area (Å²) in [6, 6.07) is 0.434. The maximum absolute atomic E-state index is 5.47. The third-order valence-corrected chi connectivity index (χ3v) is 6.40. The second-order valence-electron chi connectivity index (χ2n) is 7.02. The Morgan fingerprint density at radius 3 is 2.88 bits per heavy atom. The maximum atomic E-state index is 5.47. The molecule has 0 spiro atoms. The Hall–Kier alpha value is -1.24. The Kier molecular flexibility index (Phi) is 4.70. The molecule has 1 fully saturated rings. The largest absolute Gasteiger partial charge is 0.370 e. The van der Waals surface area contributed by atoms with Crippen molar-refractivity contribution in [1.29, 1.82) is 0 Å². The van der Waals surface area contributed by atoms with Crippen LogP contribution in [-0.4, -0.2) is 42.3 Å². The van der Waals surface area contributed by atoms with Gasteiger partial charge in [0.05, 0.1) is 18.6 Å². The summed E-state index contributed by atoms with van der Waals surface area (Å²) in [6.07, 6.45) is 4.77. The van der Waals surface area contributed by atoms with E-state index in [0.717, 1.165) is 50.9 Å². The van der Waals surface area contributed by atoms with E-state index in [1.165, 1.54) is 44.8 Å². The molecule has 0 radical (unpaired) electrons. The molecule has 0 saturated carbocycles. The molecular weight excluding hydrogens is 320 g/mol. The lowest BCUT2D eigenvalue weighted by atomic mass is 10.1. The van der Waals surface area contributed by atoms with Crippen molar-refractivity contribution in [2.75, 3.05) is 31.6 Å². The van der Waals surface area contributed by atoms with Crippen molar-refractivity contribution in [3.63, 3.8) is 0 Å². The van der Waals surface area contributed by atoms with Crippen LogP contribution in [0.5, 0.6) is 0 Å². The van der Waals surface area contributed by atoms with E-state index in [2.05, 4.69) is 19.2 Å². The lowest BCUT2D eigenvalue weighted by molar-refractivity contribution is -0.922. The Balaban J connectivity index is 1.70. The Bertz CT molecular complexity index is 723. The number of aryl methyl sites for hydroxylation is 2. The van der Waals surface area contributed by atoms with E-state index < -0.39 is 0 Å². The van der Waals surface area contributed by atoms with E-state index in [4.69, 9.17) is 14.7 Å². The minimum Gasteiger partial charge on any atom is -0.370 e. The van der Waals surface area contributed by atoms with Crippen molar-refractivity contribution in [3.8, 4) is 0 Å². The summed E-state index contributed by atoms with van der Waals surface area (Å²) in [4.78, 5) is 14.1. The van der Waals surface area contributed by atoms with Gasteiger partial charge >= 0.3 is 0 Å². The van der Waals surface area contributed by atoms with E-state index in [1.54, 1.807) is 0 Å². The normalized spacial score (nSPS) is 19.6. The fraction of sp³-hybridized carbons (Fsp3) is 0.667. The first-order valence-corrected chi connectivity index (χ1v) is 10.0. The van der Waals surface area contributed by atoms with Gasteiger partial charge in [-0.15, -0.1) is 11.3 Å². The topological polar surface area (TPSA) is 51.5 Å². The lowest BCUT2D eigenvalue weighted by Gasteiger charge is -2.23. The van der Waals surface area contributed by atoms with Crippen molar-refractivity contribution in [1.82, 2.24) is 9.97 Å². The number of fused-ring (bicyclic) bond motifs is 3. The van der Waals surface area contributed by atoms with Gasteiger partial charge in [0.15, 0.2) is 5.82 Å². The van der Waals surface area contributed by atoms with E-state index in [-0.39, 0.29) is 0 Å². The highest BCUT2D eigenvalue weighted by Crippen LogP contribution is 2.39. The molecule has 0 unspecified atom stereocenters. The quantitative estimate of drug-likeness (QED) is 0.866. The monoisotopic (exact) mass is 347 g/mol. The van der Waals surface area contributed by atoms with E-state index in [9.17, 15) is 0 Å². The fourth-order valence-electron chi connectivity index (χ4n) is 3.62. The van der Waals surface area contributed by atoms with Gasteiger partial charge in [0.25, 0.3) is 0 Å². The van der Waals surface area contributed by atoms with Crippen molar-refractivity contribution in [2.45, 2.75) is 52.1 Å². The number of aromatic nitrogens is 2. The maximum Gasteiger partial charge on any atom is 0.187 e. The molecule has 24 heavy (non-hydrogen) atoms. The third kappa shape index (κ3) is 3.15. The van der Waals surface area contributed by atoms with Gasteiger partial charge in [0.2, 0.25) is 0 Å². The Morgan fingerprint density at radius 2 is 2.08 bits per heavy atom. The predicted octanol–water partition coefficient (Wildman–Crippen LogP) is 1.81. The van der Waals surface area contributed by atoms with Gasteiger partial charge in [0.1, 0.15) is 30.3 Å². The number of nitrogens with one attached hydrogen (secondary N) is 2. The fourth-order valence-corrected chi connectivity index (χ4v) is 4.90. The van der Waals surface area contributed by atoms with Crippen LogP contribution < -0.4 is 10.2 Å². The van der Waals surface area contributed by atoms with Crippen LogP contribution in [0.3, 0.4) is 0 Å². The van der Waals surface area contributed by atoms with E-state index in [0.29, 0.717) is 6.04 Å². The summed E-state index contributed by atoms with van der Waals surface area (Å²) in [5.74, 6) is 2.04. The number of anilines is 1. The van der Waals surface area contributed by atoms with Crippen LogP contribution in [0.4, 0.5) is 5.82 Å². The summed E-state index contributed by atoms with van der Waals surface area (Å²) < 4.78 is 5.47. The van der Waals surface area contributed by atoms with Crippen LogP contribution in [0.2, 0.25) is 0 Å². The molecule has 2 aromatic heterocycles. The minimum absolute atomic E-state index is 0.434. The van der Waals surface area contributed by atoms with Crippen LogP contribution in [0.25, 0.3) is 10.2 Å². The molecular formula is C18H27N4OS+. The first-order valence-electron chi connectivity index (χ1n) is 9.23. The Morgan fingerprint density at radius 1 is 1.25 bits per heavy atom. The zero-order chi connectivity index (χ0) is 16.5. The van der Waals surface area contributed by atoms with Crippen LogP contribution in [0.1, 0.15) is 43.0 Å². The molecule has 4 rings (SSSR count). The second-order valence-corrected chi connectivity index (χ2v) is 8.10. The van der Waals surface area contributed by atoms with Gasteiger partial charge in [-0.3, -0.25) is 0 Å². The highest BCUT2D eigenvalue weighted by Gasteiger charge is 2.24. The predicted molar refractivity (Wildman–Crippen MR) is 98.0 cm³/mol. The van der Waals surface area contributed by atoms with Crippen molar-refractivity contribution < 1.29 is 9.64 Å². The van der Waals surface area contributed by atoms with Gasteiger partial charge < -0.3 is 15.0 Å². The molecule has 0 aromatic carbocycles. The average Bonchev–Trinajstić information content (AvgIpc) is 3.16. The lowest BCUT2D eigenvalue weighted by Crippen LogP contribution is -3.12. The zero-order valence-corrected chi connectivity index (χ0v) is 15.5. The number of nitrogens with zero attached hydrogens (tertiary/aromatic N) is 2. The molecule has 130 valence electrons. The molecule has 1 atom stereocenters. The third-order valence-electron chi connectivity index (χ3n) is 5.21. The average molecular weight is 348 g/mol. The molecule has 3 heterocycles. The molecule has 0 bridgehead atoms. The van der Waals surface area contributed by atoms with Gasteiger partial charge in [-0.25, -0.2) is 9.97 Å². The zero-order valence-electron chi connectivity index (χ0n) is 14.7. The van der Waals surface area contributed by atoms with Gasteiger partial charge in [-0.1, -0.05) is 6.92 Å². The van der Waals surface area contributed by atoms with Crippen LogP contribution in [-0.2, 0) is 24.1 Å². The molecule has 2 aromatic rings. The van der Waals surface area contributed by atoms with Crippen LogP contribution in [0, 0.1) is 0 Å². The number of quaternary nitrogens is 1. The number of thiophene rings is 1. The summed E-state index contributed by atoms with van der Waals surface area (Å²) in [5, 5.41) is 4.95. The second kappa shape index (κ2) is 6.94. The molecule has 5 nitrogen and oxygen atoms in total. The van der Waals surface area contributed by atoms with Gasteiger partial charge in [-0.2, -0.15) is 0 Å². The smallest absolute Gasteiger partial charge is 0.187 e. The molecule has 0 amide bonds. The SMILES string of the molecule is CC[C@H](C)Nc1nc(C[NH+]2CCOCC2)nc2sc3c(c12)CCC3. The minimum atomic E-state index is 0.434. The number of rotatable bonds is 5. The van der Waals surface area contributed by atoms with Gasteiger partial charge in [-0.05, 0) is 38.2 Å². The Labute approximate surface area is 147 Å². The van der Waals surface area contributed by atoms with Gasteiger partial charge in [0, 0.05) is 10.9 Å². The summed E-state index contributed by atoms with van der Waals surface area (Å²) in [5.41, 5.74) is 1.51. The van der Waals surface area contributed by atoms with Crippen molar-refractivity contribution in [3.05, 3.63) is 16.3 Å². The summed E-state index contributed by atoms with van der Waals surface area (Å²) in [7, 11) is 0. The number of morpholine rings is 1.